The van der Waals surface area contributed by atoms with E-state index in [1.807, 2.05) is 6.92 Å². The van der Waals surface area contributed by atoms with E-state index >= 15 is 0 Å². The highest BCUT2D eigenvalue weighted by molar-refractivity contribution is 5.95. The number of carboxylic acid groups (broad SMARTS) is 1. The van der Waals surface area contributed by atoms with Gasteiger partial charge in [0.05, 0.1) is 11.5 Å². The smallest absolute Gasteiger partial charge is 0.314 e. The van der Waals surface area contributed by atoms with E-state index < -0.39 is 33.9 Å². The predicted octanol–water partition coefficient (Wildman–Crippen LogP) is 2.66. The van der Waals surface area contributed by atoms with Crippen LogP contribution in [0, 0.1) is 16.0 Å². The molecule has 0 saturated heterocycles. The highest BCUT2D eigenvalue weighted by Crippen LogP contribution is 2.34. The van der Waals surface area contributed by atoms with Crippen molar-refractivity contribution in [3.8, 4) is 0 Å². The average molecular weight is 341 g/mol. The number of carbonyl (C=O) groups excluding carboxylic acids is 1. The number of nitro groups is 1. The van der Waals surface area contributed by atoms with E-state index in [4.69, 9.17) is 9.78 Å². The van der Waals surface area contributed by atoms with Crippen LogP contribution < -0.4 is 0 Å². The fourth-order valence-corrected chi connectivity index (χ4v) is 2.42. The number of ketones is 1. The van der Waals surface area contributed by atoms with Crippen LogP contribution in [0.4, 0.5) is 0 Å². The van der Waals surface area contributed by atoms with Gasteiger partial charge in [0.1, 0.15) is 5.92 Å². The maximum Gasteiger partial charge on any atom is 0.314 e. The highest BCUT2D eigenvalue weighted by Gasteiger charge is 2.52. The molecule has 1 rings (SSSR count). The summed E-state index contributed by atoms with van der Waals surface area (Å²) in [4.78, 5) is 44.8. The minimum atomic E-state index is -2.02. The Hall–Kier alpha value is -2.06. The van der Waals surface area contributed by atoms with Crippen LogP contribution in [0.15, 0.2) is 23.9 Å². The standard InChI is InChI=1S/C16H23NO7/c1-3-5-6-10-23-24-16(14(18)7-4-2)11-12(17(21)22)8-9-13(16)15(19)20/h8-9,11,13H,3-7,10H2,1-2H3,(H,19,20). The fourth-order valence-electron chi connectivity index (χ4n) is 2.42. The Morgan fingerprint density at radius 3 is 2.58 bits per heavy atom. The van der Waals surface area contributed by atoms with E-state index in [0.717, 1.165) is 31.1 Å². The van der Waals surface area contributed by atoms with Crippen molar-refractivity contribution in [2.75, 3.05) is 6.61 Å². The van der Waals surface area contributed by atoms with Crippen molar-refractivity contribution < 1.29 is 29.4 Å². The van der Waals surface area contributed by atoms with Crippen molar-refractivity contribution in [3.05, 3.63) is 34.0 Å². The molecule has 0 aromatic rings. The molecule has 8 heteroatoms. The largest absolute Gasteiger partial charge is 0.481 e. The van der Waals surface area contributed by atoms with Gasteiger partial charge in [-0.05, 0) is 12.8 Å². The predicted molar refractivity (Wildman–Crippen MR) is 84.6 cm³/mol. The van der Waals surface area contributed by atoms with Gasteiger partial charge in [-0.3, -0.25) is 19.7 Å². The van der Waals surface area contributed by atoms with Gasteiger partial charge < -0.3 is 5.11 Å². The summed E-state index contributed by atoms with van der Waals surface area (Å²) < 4.78 is 0. The summed E-state index contributed by atoms with van der Waals surface area (Å²) >= 11 is 0. The van der Waals surface area contributed by atoms with E-state index in [9.17, 15) is 24.8 Å². The lowest BCUT2D eigenvalue weighted by atomic mass is 9.78. The summed E-state index contributed by atoms with van der Waals surface area (Å²) in [5.41, 5.74) is -2.42. The summed E-state index contributed by atoms with van der Waals surface area (Å²) in [6.45, 7) is 3.93. The Kier molecular flexibility index (Phi) is 7.73. The third-order valence-corrected chi connectivity index (χ3v) is 3.70. The van der Waals surface area contributed by atoms with Gasteiger partial charge in [-0.15, -0.1) is 0 Å². The zero-order valence-electron chi connectivity index (χ0n) is 13.9. The molecule has 134 valence electrons. The molecule has 0 aliphatic heterocycles. The van der Waals surface area contributed by atoms with Crippen LogP contribution in [-0.2, 0) is 19.4 Å². The summed E-state index contributed by atoms with van der Waals surface area (Å²) in [6.07, 6.45) is 6.11. The number of hydrogen-bond donors (Lipinski definition) is 1. The van der Waals surface area contributed by atoms with Gasteiger partial charge in [-0.25, -0.2) is 9.78 Å². The third-order valence-electron chi connectivity index (χ3n) is 3.70. The lowest BCUT2D eigenvalue weighted by molar-refractivity contribution is -0.422. The van der Waals surface area contributed by atoms with E-state index in [0.29, 0.717) is 12.8 Å². The van der Waals surface area contributed by atoms with Crippen molar-refractivity contribution >= 4 is 11.8 Å². The zero-order chi connectivity index (χ0) is 18.2. The molecule has 0 spiro atoms. The maximum absolute atomic E-state index is 12.6. The van der Waals surface area contributed by atoms with Crippen LogP contribution in [-0.4, -0.2) is 34.0 Å². The molecule has 0 radical (unpaired) electrons. The highest BCUT2D eigenvalue weighted by atomic mass is 17.2. The molecular formula is C16H23NO7. The second kappa shape index (κ2) is 9.29. The molecule has 0 fully saturated rings. The molecule has 0 aromatic heterocycles. The van der Waals surface area contributed by atoms with Crippen molar-refractivity contribution in [1.82, 2.24) is 0 Å². The van der Waals surface area contributed by atoms with Gasteiger partial charge in [0.2, 0.25) is 5.60 Å². The Bertz CT molecular complexity index is 541. The normalized spacial score (nSPS) is 22.9. The Labute approximate surface area is 140 Å². The lowest BCUT2D eigenvalue weighted by Crippen LogP contribution is -2.51. The fraction of sp³-hybridized carbons (Fsp3) is 0.625. The third kappa shape index (κ3) is 4.72. The number of unbranched alkanes of at least 4 members (excludes halogenated alkanes) is 2. The number of rotatable bonds is 11. The molecule has 0 amide bonds. The minimum absolute atomic E-state index is 0.0252. The first-order chi connectivity index (χ1) is 11.4. The first kappa shape index (κ1) is 20.0. The molecule has 8 nitrogen and oxygen atoms in total. The lowest BCUT2D eigenvalue weighted by Gasteiger charge is -2.32. The first-order valence-electron chi connectivity index (χ1n) is 8.01. The van der Waals surface area contributed by atoms with Crippen LogP contribution in [0.1, 0.15) is 46.0 Å². The van der Waals surface area contributed by atoms with Crippen molar-refractivity contribution in [3.63, 3.8) is 0 Å². The molecule has 1 aliphatic rings. The summed E-state index contributed by atoms with van der Waals surface area (Å²) in [5.74, 6) is -3.26. The monoisotopic (exact) mass is 341 g/mol. The van der Waals surface area contributed by atoms with Crippen LogP contribution in [0.2, 0.25) is 0 Å². The summed E-state index contributed by atoms with van der Waals surface area (Å²) in [7, 11) is 0. The Morgan fingerprint density at radius 1 is 1.33 bits per heavy atom. The molecule has 2 atom stereocenters. The van der Waals surface area contributed by atoms with E-state index in [1.54, 1.807) is 6.92 Å². The quantitative estimate of drug-likeness (QED) is 0.266. The van der Waals surface area contributed by atoms with Crippen LogP contribution in [0.5, 0.6) is 0 Å². The van der Waals surface area contributed by atoms with E-state index in [1.165, 1.54) is 0 Å². The van der Waals surface area contributed by atoms with E-state index in [-0.39, 0.29) is 13.0 Å². The average Bonchev–Trinajstić information content (AvgIpc) is 2.54. The van der Waals surface area contributed by atoms with Crippen LogP contribution >= 0.6 is 0 Å². The minimum Gasteiger partial charge on any atom is -0.481 e. The molecule has 1 aliphatic carbocycles. The number of allylic oxidation sites excluding steroid dienone is 1. The number of carbonyl (C=O) groups is 2. The van der Waals surface area contributed by atoms with Gasteiger partial charge in [0.15, 0.2) is 5.78 Å². The zero-order valence-corrected chi connectivity index (χ0v) is 13.9. The molecule has 24 heavy (non-hydrogen) atoms. The summed E-state index contributed by atoms with van der Waals surface area (Å²) in [6, 6.07) is 0. The maximum atomic E-state index is 12.6. The molecule has 2 unspecified atom stereocenters. The molecule has 0 bridgehead atoms. The van der Waals surface area contributed by atoms with Crippen molar-refractivity contribution in [1.29, 1.82) is 0 Å². The van der Waals surface area contributed by atoms with Crippen molar-refractivity contribution in [2.45, 2.75) is 51.6 Å². The van der Waals surface area contributed by atoms with Crippen LogP contribution in [0.3, 0.4) is 0 Å². The molecule has 0 heterocycles. The number of aliphatic carboxylic acids is 1. The molecule has 1 N–H and O–H groups in total. The van der Waals surface area contributed by atoms with Gasteiger partial charge in [0, 0.05) is 18.6 Å². The first-order valence-corrected chi connectivity index (χ1v) is 8.01. The number of hydrogen-bond acceptors (Lipinski definition) is 6. The summed E-state index contributed by atoms with van der Waals surface area (Å²) in [5, 5.41) is 20.5. The Balaban J connectivity index is 3.13. The van der Waals surface area contributed by atoms with Gasteiger partial charge >= 0.3 is 5.97 Å². The number of Topliss-reactive ketones (excluding diaryl/α,β-unsaturated/α-hetero) is 1. The topological polar surface area (TPSA) is 116 Å². The van der Waals surface area contributed by atoms with Crippen molar-refractivity contribution in [2.24, 2.45) is 5.92 Å². The number of nitrogens with zero attached hydrogens (tertiary/aromatic N) is 1. The molecule has 0 saturated carbocycles. The Morgan fingerprint density at radius 2 is 2.04 bits per heavy atom. The molecular weight excluding hydrogens is 318 g/mol. The van der Waals surface area contributed by atoms with Crippen LogP contribution in [0.25, 0.3) is 0 Å². The second-order valence-corrected chi connectivity index (χ2v) is 5.58. The molecule has 0 aromatic carbocycles. The van der Waals surface area contributed by atoms with Gasteiger partial charge in [0.25, 0.3) is 5.70 Å². The SMILES string of the molecule is CCCCCOOC1(C(=O)CCC)C=C([N+](=O)[O-])C=CC1C(=O)O. The second-order valence-electron chi connectivity index (χ2n) is 5.58. The van der Waals surface area contributed by atoms with Gasteiger partial charge in [-0.2, -0.15) is 0 Å². The number of carboxylic acids is 1. The van der Waals surface area contributed by atoms with Gasteiger partial charge in [-0.1, -0.05) is 32.8 Å². The van der Waals surface area contributed by atoms with E-state index in [2.05, 4.69) is 0 Å².